The van der Waals surface area contributed by atoms with E-state index in [2.05, 4.69) is 23.3 Å². The lowest BCUT2D eigenvalue weighted by Gasteiger charge is -2.11. The zero-order chi connectivity index (χ0) is 10.7. The van der Waals surface area contributed by atoms with E-state index < -0.39 is 0 Å². The Bertz CT molecular complexity index is 368. The molecule has 0 unspecified atom stereocenters. The predicted molar refractivity (Wildman–Crippen MR) is 56.2 cm³/mol. The Labute approximate surface area is 89.9 Å². The average Bonchev–Trinajstić information content (AvgIpc) is 2.85. The number of hydrogen-bond acceptors (Lipinski definition) is 3. The summed E-state index contributed by atoms with van der Waals surface area (Å²) >= 11 is 0. The Kier molecular flexibility index (Phi) is 3.00. The molecule has 1 fully saturated rings. The normalized spacial score (nSPS) is 16.8. The fraction of sp³-hybridized carbons (Fsp3) is 0.727. The number of rotatable bonds is 3. The molecule has 2 rings (SSSR count). The Morgan fingerprint density at radius 1 is 1.47 bits per heavy atom. The molecule has 0 bridgehead atoms. The summed E-state index contributed by atoms with van der Waals surface area (Å²) in [5, 5.41) is 17.0. The van der Waals surface area contributed by atoms with E-state index in [-0.39, 0.29) is 0 Å². The topological polar surface area (TPSA) is 54.5 Å². The highest BCUT2D eigenvalue weighted by Gasteiger charge is 2.24. The largest absolute Gasteiger partial charge is 0.249 e. The second-order valence-electron chi connectivity index (χ2n) is 4.05. The summed E-state index contributed by atoms with van der Waals surface area (Å²) in [6, 6.07) is 2.17. The molecule has 1 aromatic rings. The van der Waals surface area contributed by atoms with Crippen LogP contribution in [0.3, 0.4) is 0 Å². The Balaban J connectivity index is 2.32. The summed E-state index contributed by atoms with van der Waals surface area (Å²) < 4.78 is 1.96. The van der Waals surface area contributed by atoms with Gasteiger partial charge in [-0.3, -0.25) is 0 Å². The highest BCUT2D eigenvalue weighted by atomic mass is 15.4. The fourth-order valence-electron chi connectivity index (χ4n) is 2.44. The van der Waals surface area contributed by atoms with Crippen LogP contribution in [-0.4, -0.2) is 15.0 Å². The number of aryl methyl sites for hydroxylation is 1. The van der Waals surface area contributed by atoms with Crippen LogP contribution in [0.15, 0.2) is 0 Å². The van der Waals surface area contributed by atoms with Gasteiger partial charge in [0, 0.05) is 12.5 Å². The average molecular weight is 204 g/mol. The molecule has 0 aliphatic heterocycles. The number of aromatic nitrogens is 3. The second kappa shape index (κ2) is 4.43. The third kappa shape index (κ3) is 1.87. The van der Waals surface area contributed by atoms with Gasteiger partial charge in [0.2, 0.25) is 0 Å². The van der Waals surface area contributed by atoms with E-state index in [0.29, 0.717) is 12.3 Å². The molecule has 15 heavy (non-hydrogen) atoms. The van der Waals surface area contributed by atoms with Crippen LogP contribution in [0.25, 0.3) is 0 Å². The zero-order valence-corrected chi connectivity index (χ0v) is 9.11. The van der Waals surface area contributed by atoms with E-state index in [0.717, 1.165) is 12.2 Å². The van der Waals surface area contributed by atoms with E-state index in [1.807, 2.05) is 4.68 Å². The summed E-state index contributed by atoms with van der Waals surface area (Å²) in [7, 11) is 0. The minimum Gasteiger partial charge on any atom is -0.249 e. The van der Waals surface area contributed by atoms with Crippen LogP contribution in [0, 0.1) is 11.3 Å². The molecule has 0 N–H and O–H groups in total. The smallest absolute Gasteiger partial charge is 0.100 e. The van der Waals surface area contributed by atoms with Gasteiger partial charge in [-0.1, -0.05) is 18.1 Å². The van der Waals surface area contributed by atoms with Crippen molar-refractivity contribution in [3.05, 3.63) is 11.4 Å². The van der Waals surface area contributed by atoms with Crippen molar-refractivity contribution >= 4 is 0 Å². The zero-order valence-electron chi connectivity index (χ0n) is 9.11. The molecular weight excluding hydrogens is 188 g/mol. The van der Waals surface area contributed by atoms with Crippen molar-refractivity contribution in [2.24, 2.45) is 0 Å². The molecule has 4 nitrogen and oxygen atoms in total. The van der Waals surface area contributed by atoms with Crippen LogP contribution in [0.1, 0.15) is 49.9 Å². The highest BCUT2D eigenvalue weighted by molar-refractivity contribution is 5.19. The predicted octanol–water partition coefficient (Wildman–Crippen LogP) is 2.02. The van der Waals surface area contributed by atoms with Crippen molar-refractivity contribution in [1.82, 2.24) is 15.0 Å². The highest BCUT2D eigenvalue weighted by Crippen LogP contribution is 2.35. The molecule has 1 aliphatic rings. The van der Waals surface area contributed by atoms with Gasteiger partial charge in [-0.2, -0.15) is 5.26 Å². The van der Waals surface area contributed by atoms with Crippen LogP contribution >= 0.6 is 0 Å². The van der Waals surface area contributed by atoms with E-state index in [1.165, 1.54) is 31.4 Å². The van der Waals surface area contributed by atoms with E-state index in [4.69, 9.17) is 5.26 Å². The monoisotopic (exact) mass is 204 g/mol. The maximum atomic E-state index is 8.74. The van der Waals surface area contributed by atoms with Gasteiger partial charge in [0.1, 0.15) is 5.69 Å². The lowest BCUT2D eigenvalue weighted by Crippen LogP contribution is -2.07. The summed E-state index contributed by atoms with van der Waals surface area (Å²) in [4.78, 5) is 0. The molecule has 0 radical (unpaired) electrons. The van der Waals surface area contributed by atoms with Crippen LogP contribution in [0.4, 0.5) is 0 Å². The first-order valence-electron chi connectivity index (χ1n) is 5.66. The van der Waals surface area contributed by atoms with Gasteiger partial charge in [-0.05, 0) is 19.8 Å². The molecule has 0 atom stereocenters. The molecule has 1 saturated carbocycles. The standard InChI is InChI=1S/C11H16N4/c1-2-15-11(9-5-3-4-6-9)10(7-8-12)13-14-15/h9H,2-7H2,1H3. The maximum Gasteiger partial charge on any atom is 0.100 e. The summed E-state index contributed by atoms with van der Waals surface area (Å²) in [6.07, 6.45) is 5.44. The molecule has 1 aromatic heterocycles. The molecule has 0 spiro atoms. The van der Waals surface area contributed by atoms with Crippen molar-refractivity contribution in [2.45, 2.75) is 51.5 Å². The van der Waals surface area contributed by atoms with E-state index in [9.17, 15) is 0 Å². The third-order valence-corrected chi connectivity index (χ3v) is 3.14. The van der Waals surface area contributed by atoms with Crippen molar-refractivity contribution in [2.75, 3.05) is 0 Å². The van der Waals surface area contributed by atoms with Crippen molar-refractivity contribution < 1.29 is 0 Å². The minimum absolute atomic E-state index is 0.395. The Morgan fingerprint density at radius 2 is 2.20 bits per heavy atom. The minimum atomic E-state index is 0.395. The molecule has 4 heteroatoms. The second-order valence-corrected chi connectivity index (χ2v) is 4.05. The Hall–Kier alpha value is -1.37. The first-order valence-corrected chi connectivity index (χ1v) is 5.66. The summed E-state index contributed by atoms with van der Waals surface area (Å²) in [5.41, 5.74) is 2.11. The number of nitrogens with zero attached hydrogens (tertiary/aromatic N) is 4. The van der Waals surface area contributed by atoms with Crippen LogP contribution in [0.5, 0.6) is 0 Å². The van der Waals surface area contributed by atoms with Crippen LogP contribution < -0.4 is 0 Å². The molecule has 1 heterocycles. The van der Waals surface area contributed by atoms with Gasteiger partial charge in [0.15, 0.2) is 0 Å². The molecule has 0 amide bonds. The first-order chi connectivity index (χ1) is 7.36. The van der Waals surface area contributed by atoms with Crippen molar-refractivity contribution in [3.8, 4) is 6.07 Å². The van der Waals surface area contributed by atoms with E-state index >= 15 is 0 Å². The lowest BCUT2D eigenvalue weighted by atomic mass is 10.0. The van der Waals surface area contributed by atoms with Gasteiger partial charge in [-0.15, -0.1) is 5.10 Å². The fourth-order valence-corrected chi connectivity index (χ4v) is 2.44. The van der Waals surface area contributed by atoms with Gasteiger partial charge < -0.3 is 0 Å². The number of nitriles is 1. The molecule has 1 aliphatic carbocycles. The maximum absolute atomic E-state index is 8.74. The number of hydrogen-bond donors (Lipinski definition) is 0. The molecule has 0 aromatic carbocycles. The summed E-state index contributed by atoms with van der Waals surface area (Å²) in [5.74, 6) is 0.586. The van der Waals surface area contributed by atoms with Gasteiger partial charge in [0.25, 0.3) is 0 Å². The van der Waals surface area contributed by atoms with Gasteiger partial charge in [-0.25, -0.2) is 4.68 Å². The van der Waals surface area contributed by atoms with Crippen LogP contribution in [-0.2, 0) is 13.0 Å². The SMILES string of the molecule is CCn1nnc(CC#N)c1C1CCCC1. The van der Waals surface area contributed by atoms with E-state index in [1.54, 1.807) is 0 Å². The van der Waals surface area contributed by atoms with Crippen molar-refractivity contribution in [3.63, 3.8) is 0 Å². The summed E-state index contributed by atoms with van der Waals surface area (Å²) in [6.45, 7) is 2.92. The first kappa shape index (κ1) is 10.2. The molecular formula is C11H16N4. The van der Waals surface area contributed by atoms with Crippen molar-refractivity contribution in [1.29, 1.82) is 5.26 Å². The Morgan fingerprint density at radius 3 is 2.80 bits per heavy atom. The van der Waals surface area contributed by atoms with Crippen LogP contribution in [0.2, 0.25) is 0 Å². The van der Waals surface area contributed by atoms with Gasteiger partial charge in [0.05, 0.1) is 18.2 Å². The quantitative estimate of drug-likeness (QED) is 0.756. The van der Waals surface area contributed by atoms with Gasteiger partial charge >= 0.3 is 0 Å². The third-order valence-electron chi connectivity index (χ3n) is 3.14. The lowest BCUT2D eigenvalue weighted by molar-refractivity contribution is 0.555. The molecule has 80 valence electrons. The molecule has 0 saturated heterocycles.